The Kier molecular flexibility index (Phi) is 4.80. The molecule has 2 aromatic rings. The minimum absolute atomic E-state index is 0.373. The van der Waals surface area contributed by atoms with Crippen molar-refractivity contribution < 1.29 is 4.74 Å². The van der Waals surface area contributed by atoms with Crippen molar-refractivity contribution in [3.05, 3.63) is 59.2 Å². The maximum atomic E-state index is 5.97. The predicted octanol–water partition coefficient (Wildman–Crippen LogP) is 4.77. The quantitative estimate of drug-likeness (QED) is 0.844. The molecule has 2 aromatic carbocycles. The van der Waals surface area contributed by atoms with Crippen molar-refractivity contribution in [2.24, 2.45) is 0 Å². The van der Waals surface area contributed by atoms with E-state index in [0.717, 1.165) is 17.9 Å². The van der Waals surface area contributed by atoms with Crippen molar-refractivity contribution in [1.82, 2.24) is 5.32 Å². The Labute approximate surface area is 121 Å². The summed E-state index contributed by atoms with van der Waals surface area (Å²) in [5.74, 6) is 1.78. The van der Waals surface area contributed by atoms with E-state index in [1.165, 1.54) is 16.7 Å². The molecular formula is C18H23NO. The van der Waals surface area contributed by atoms with Crippen LogP contribution in [0, 0.1) is 13.8 Å². The molecule has 0 saturated heterocycles. The summed E-state index contributed by atoms with van der Waals surface area (Å²) in [6.07, 6.45) is 1.06. The van der Waals surface area contributed by atoms with Crippen molar-refractivity contribution in [3.63, 3.8) is 0 Å². The molecular weight excluding hydrogens is 246 g/mol. The zero-order valence-corrected chi connectivity index (χ0v) is 12.7. The van der Waals surface area contributed by atoms with Gasteiger partial charge in [-0.1, -0.05) is 25.1 Å². The summed E-state index contributed by atoms with van der Waals surface area (Å²) in [7, 11) is 1.99. The normalized spacial score (nSPS) is 12.2. The van der Waals surface area contributed by atoms with Gasteiger partial charge in [-0.05, 0) is 68.3 Å². The van der Waals surface area contributed by atoms with Gasteiger partial charge in [0.2, 0.25) is 0 Å². The Morgan fingerprint density at radius 3 is 2.40 bits per heavy atom. The molecule has 1 atom stereocenters. The summed E-state index contributed by atoms with van der Waals surface area (Å²) in [4.78, 5) is 0. The number of nitrogens with one attached hydrogen (secondary N) is 1. The first-order valence-corrected chi connectivity index (χ1v) is 7.16. The molecule has 0 aliphatic heterocycles. The number of benzene rings is 2. The lowest BCUT2D eigenvalue weighted by molar-refractivity contribution is 0.478. The second kappa shape index (κ2) is 6.58. The SMILES string of the molecule is CCC(NC)c1cccc(Oc2ccc(C)c(C)c2)c1. The third-order valence-corrected chi connectivity index (χ3v) is 3.73. The van der Waals surface area contributed by atoms with E-state index >= 15 is 0 Å². The van der Waals surface area contributed by atoms with E-state index in [1.807, 2.05) is 25.2 Å². The molecule has 2 rings (SSSR count). The number of ether oxygens (including phenoxy) is 1. The van der Waals surface area contributed by atoms with E-state index in [2.05, 4.69) is 50.4 Å². The third kappa shape index (κ3) is 3.40. The molecule has 0 aliphatic carbocycles. The van der Waals surface area contributed by atoms with Gasteiger partial charge >= 0.3 is 0 Å². The van der Waals surface area contributed by atoms with Crippen LogP contribution in [-0.4, -0.2) is 7.05 Å². The minimum Gasteiger partial charge on any atom is -0.457 e. The molecule has 0 bridgehead atoms. The lowest BCUT2D eigenvalue weighted by Gasteiger charge is -2.15. The molecule has 0 amide bonds. The van der Waals surface area contributed by atoms with Crippen LogP contribution in [-0.2, 0) is 0 Å². The fourth-order valence-corrected chi connectivity index (χ4v) is 2.31. The highest BCUT2D eigenvalue weighted by atomic mass is 16.5. The van der Waals surface area contributed by atoms with Gasteiger partial charge in [-0.3, -0.25) is 0 Å². The average molecular weight is 269 g/mol. The van der Waals surface area contributed by atoms with E-state index in [9.17, 15) is 0 Å². The Balaban J connectivity index is 2.21. The molecule has 0 saturated carbocycles. The molecule has 0 aromatic heterocycles. The van der Waals surface area contributed by atoms with E-state index in [4.69, 9.17) is 4.74 Å². The van der Waals surface area contributed by atoms with Gasteiger partial charge in [-0.2, -0.15) is 0 Å². The Bertz CT molecular complexity index is 573. The zero-order chi connectivity index (χ0) is 14.5. The molecule has 106 valence electrons. The Morgan fingerprint density at radius 2 is 1.75 bits per heavy atom. The average Bonchev–Trinajstić information content (AvgIpc) is 2.45. The molecule has 0 aliphatic rings. The van der Waals surface area contributed by atoms with Crippen LogP contribution in [0.1, 0.15) is 36.1 Å². The van der Waals surface area contributed by atoms with Gasteiger partial charge in [-0.25, -0.2) is 0 Å². The van der Waals surface area contributed by atoms with Gasteiger partial charge in [0.05, 0.1) is 0 Å². The molecule has 2 heteroatoms. The highest BCUT2D eigenvalue weighted by molar-refractivity contribution is 5.38. The summed E-state index contributed by atoms with van der Waals surface area (Å²) in [5, 5.41) is 3.32. The van der Waals surface area contributed by atoms with Crippen LogP contribution in [0.3, 0.4) is 0 Å². The lowest BCUT2D eigenvalue weighted by atomic mass is 10.0. The van der Waals surface area contributed by atoms with Crippen LogP contribution in [0.4, 0.5) is 0 Å². The lowest BCUT2D eigenvalue weighted by Crippen LogP contribution is -2.14. The molecule has 20 heavy (non-hydrogen) atoms. The second-order valence-electron chi connectivity index (χ2n) is 5.17. The largest absolute Gasteiger partial charge is 0.457 e. The Morgan fingerprint density at radius 1 is 1.00 bits per heavy atom. The van der Waals surface area contributed by atoms with Crippen molar-refractivity contribution in [1.29, 1.82) is 0 Å². The summed E-state index contributed by atoms with van der Waals surface area (Å²) in [6.45, 7) is 6.39. The fourth-order valence-electron chi connectivity index (χ4n) is 2.31. The summed E-state index contributed by atoms with van der Waals surface area (Å²) in [5.41, 5.74) is 3.80. The van der Waals surface area contributed by atoms with Crippen LogP contribution in [0.5, 0.6) is 11.5 Å². The topological polar surface area (TPSA) is 21.3 Å². The first kappa shape index (κ1) is 14.6. The molecule has 0 heterocycles. The van der Waals surface area contributed by atoms with E-state index in [0.29, 0.717) is 6.04 Å². The minimum atomic E-state index is 0.373. The van der Waals surface area contributed by atoms with Crippen molar-refractivity contribution in [3.8, 4) is 11.5 Å². The highest BCUT2D eigenvalue weighted by Gasteiger charge is 2.07. The first-order chi connectivity index (χ1) is 9.63. The molecule has 1 unspecified atom stereocenters. The van der Waals surface area contributed by atoms with Gasteiger partial charge in [0, 0.05) is 6.04 Å². The van der Waals surface area contributed by atoms with Gasteiger partial charge in [0.25, 0.3) is 0 Å². The fraction of sp³-hybridized carbons (Fsp3) is 0.333. The molecule has 2 nitrogen and oxygen atoms in total. The number of hydrogen-bond acceptors (Lipinski definition) is 2. The number of rotatable bonds is 5. The van der Waals surface area contributed by atoms with Gasteiger partial charge < -0.3 is 10.1 Å². The standard InChI is InChI=1S/C18H23NO/c1-5-18(19-4)15-7-6-8-16(12-15)20-17-10-9-13(2)14(3)11-17/h6-12,18-19H,5H2,1-4H3. The van der Waals surface area contributed by atoms with Gasteiger partial charge in [-0.15, -0.1) is 0 Å². The predicted molar refractivity (Wildman–Crippen MR) is 84.5 cm³/mol. The first-order valence-electron chi connectivity index (χ1n) is 7.16. The van der Waals surface area contributed by atoms with Crippen molar-refractivity contribution in [2.45, 2.75) is 33.2 Å². The molecule has 1 N–H and O–H groups in total. The molecule has 0 radical (unpaired) electrons. The summed E-state index contributed by atoms with van der Waals surface area (Å²) < 4.78 is 5.97. The van der Waals surface area contributed by atoms with Crippen LogP contribution >= 0.6 is 0 Å². The molecule has 0 fully saturated rings. The van der Waals surface area contributed by atoms with E-state index in [1.54, 1.807) is 0 Å². The third-order valence-electron chi connectivity index (χ3n) is 3.73. The maximum absolute atomic E-state index is 5.97. The monoisotopic (exact) mass is 269 g/mol. The van der Waals surface area contributed by atoms with Crippen LogP contribution < -0.4 is 10.1 Å². The maximum Gasteiger partial charge on any atom is 0.127 e. The Hall–Kier alpha value is -1.80. The smallest absolute Gasteiger partial charge is 0.127 e. The number of aryl methyl sites for hydroxylation is 2. The van der Waals surface area contributed by atoms with E-state index < -0.39 is 0 Å². The summed E-state index contributed by atoms with van der Waals surface area (Å²) in [6, 6.07) is 14.9. The van der Waals surface area contributed by atoms with Crippen molar-refractivity contribution >= 4 is 0 Å². The van der Waals surface area contributed by atoms with Crippen molar-refractivity contribution in [2.75, 3.05) is 7.05 Å². The van der Waals surface area contributed by atoms with E-state index in [-0.39, 0.29) is 0 Å². The van der Waals surface area contributed by atoms with Gasteiger partial charge in [0.15, 0.2) is 0 Å². The van der Waals surface area contributed by atoms with Gasteiger partial charge in [0.1, 0.15) is 11.5 Å². The van der Waals surface area contributed by atoms with Crippen LogP contribution in [0.25, 0.3) is 0 Å². The second-order valence-corrected chi connectivity index (χ2v) is 5.17. The summed E-state index contributed by atoms with van der Waals surface area (Å²) >= 11 is 0. The zero-order valence-electron chi connectivity index (χ0n) is 12.7. The van der Waals surface area contributed by atoms with Crippen LogP contribution in [0.15, 0.2) is 42.5 Å². The molecule has 0 spiro atoms. The highest BCUT2D eigenvalue weighted by Crippen LogP contribution is 2.26. The van der Waals surface area contributed by atoms with Crippen LogP contribution in [0.2, 0.25) is 0 Å². The number of hydrogen-bond donors (Lipinski definition) is 1.